The number of thioether (sulfide) groups is 1. The van der Waals surface area contributed by atoms with Crippen LogP contribution in [0.1, 0.15) is 25.7 Å². The maximum atomic E-state index is 9.68. The molecule has 4 heteroatoms. The van der Waals surface area contributed by atoms with Gasteiger partial charge >= 0.3 is 0 Å². The summed E-state index contributed by atoms with van der Waals surface area (Å²) in [6.45, 7) is 0. The summed E-state index contributed by atoms with van der Waals surface area (Å²) in [7, 11) is 0. The molecule has 0 radical (unpaired) electrons. The van der Waals surface area contributed by atoms with Gasteiger partial charge in [0.05, 0.1) is 12.3 Å². The Bertz CT molecular complexity index is 250. The lowest BCUT2D eigenvalue weighted by Crippen LogP contribution is -2.26. The van der Waals surface area contributed by atoms with E-state index in [1.807, 2.05) is 0 Å². The summed E-state index contributed by atoms with van der Waals surface area (Å²) in [5, 5.41) is 10.6. The number of nitrogens with zero attached hydrogens (tertiary/aromatic N) is 1. The summed E-state index contributed by atoms with van der Waals surface area (Å²) >= 11 is 1.55. The van der Waals surface area contributed by atoms with Crippen molar-refractivity contribution in [2.75, 3.05) is 0 Å². The van der Waals surface area contributed by atoms with Crippen LogP contribution in [0.4, 0.5) is 0 Å². The van der Waals surface area contributed by atoms with Crippen LogP contribution in [-0.2, 0) is 0 Å². The minimum Gasteiger partial charge on any atom is -0.440 e. The molecule has 1 heterocycles. The normalized spacial score (nSPS) is 29.0. The summed E-state index contributed by atoms with van der Waals surface area (Å²) < 4.78 is 5.13. The van der Waals surface area contributed by atoms with Gasteiger partial charge in [-0.25, -0.2) is 4.98 Å². The Balaban J connectivity index is 1.93. The first-order chi connectivity index (χ1) is 6.36. The molecule has 2 atom stereocenters. The van der Waals surface area contributed by atoms with Crippen LogP contribution in [0.25, 0.3) is 0 Å². The molecule has 0 aromatic carbocycles. The summed E-state index contributed by atoms with van der Waals surface area (Å²) in [6, 6.07) is 0. The van der Waals surface area contributed by atoms with Crippen molar-refractivity contribution in [3.05, 3.63) is 12.5 Å². The van der Waals surface area contributed by atoms with E-state index in [0.717, 1.165) is 19.3 Å². The molecule has 1 saturated carbocycles. The van der Waals surface area contributed by atoms with Crippen molar-refractivity contribution in [1.82, 2.24) is 4.98 Å². The lowest BCUT2D eigenvalue weighted by atomic mass is 9.97. The van der Waals surface area contributed by atoms with Gasteiger partial charge in [-0.3, -0.25) is 0 Å². The zero-order valence-electron chi connectivity index (χ0n) is 7.35. The average Bonchev–Trinajstić information content (AvgIpc) is 2.61. The van der Waals surface area contributed by atoms with E-state index in [4.69, 9.17) is 4.42 Å². The van der Waals surface area contributed by atoms with Gasteiger partial charge in [0, 0.05) is 5.25 Å². The SMILES string of the molecule is O[C@H]1CCCC[C@@H]1Sc1ncco1. The van der Waals surface area contributed by atoms with Crippen molar-refractivity contribution >= 4 is 11.8 Å². The quantitative estimate of drug-likeness (QED) is 0.792. The largest absolute Gasteiger partial charge is 0.440 e. The fourth-order valence-corrected chi connectivity index (χ4v) is 2.68. The standard InChI is InChI=1S/C9H13NO2S/c11-7-3-1-2-4-8(7)13-9-10-5-6-12-9/h5-8,11H,1-4H2/t7-,8-/m0/s1. The van der Waals surface area contributed by atoms with Gasteiger partial charge in [-0.15, -0.1) is 0 Å². The Kier molecular flexibility index (Phi) is 2.90. The zero-order valence-corrected chi connectivity index (χ0v) is 8.17. The number of hydrogen-bond donors (Lipinski definition) is 1. The molecule has 1 N–H and O–H groups in total. The Labute approximate surface area is 81.5 Å². The third-order valence-electron chi connectivity index (χ3n) is 2.33. The summed E-state index contributed by atoms with van der Waals surface area (Å²) in [5.74, 6) is 0. The molecular formula is C9H13NO2S. The van der Waals surface area contributed by atoms with Gasteiger partial charge in [-0.05, 0) is 12.8 Å². The lowest BCUT2D eigenvalue weighted by Gasteiger charge is -2.25. The number of aliphatic hydroxyl groups is 1. The number of rotatable bonds is 2. The summed E-state index contributed by atoms with van der Waals surface area (Å²) in [6.07, 6.45) is 7.34. The van der Waals surface area contributed by atoms with Crippen LogP contribution in [0.5, 0.6) is 0 Å². The first-order valence-corrected chi connectivity index (χ1v) is 5.48. The molecule has 3 nitrogen and oxygen atoms in total. The van der Waals surface area contributed by atoms with Gasteiger partial charge in [-0.1, -0.05) is 24.6 Å². The van der Waals surface area contributed by atoms with Crippen LogP contribution in [0.2, 0.25) is 0 Å². The van der Waals surface area contributed by atoms with Crippen LogP contribution < -0.4 is 0 Å². The van der Waals surface area contributed by atoms with Crippen LogP contribution in [0.3, 0.4) is 0 Å². The Morgan fingerprint density at radius 2 is 2.31 bits per heavy atom. The maximum absolute atomic E-state index is 9.68. The van der Waals surface area contributed by atoms with Crippen molar-refractivity contribution in [3.63, 3.8) is 0 Å². The predicted octanol–water partition coefficient (Wildman–Crippen LogP) is 2.07. The van der Waals surface area contributed by atoms with Gasteiger partial charge in [0.25, 0.3) is 5.22 Å². The first kappa shape index (κ1) is 9.09. The van der Waals surface area contributed by atoms with E-state index in [1.54, 1.807) is 24.2 Å². The molecule has 0 bridgehead atoms. The van der Waals surface area contributed by atoms with E-state index in [-0.39, 0.29) is 11.4 Å². The number of aromatic nitrogens is 1. The van der Waals surface area contributed by atoms with Gasteiger partial charge in [0.2, 0.25) is 0 Å². The molecule has 0 unspecified atom stereocenters. The Hall–Kier alpha value is -0.480. The molecule has 1 aromatic rings. The average molecular weight is 199 g/mol. The monoisotopic (exact) mass is 199 g/mol. The van der Waals surface area contributed by atoms with Gasteiger partial charge < -0.3 is 9.52 Å². The molecule has 0 saturated heterocycles. The molecule has 1 aliphatic rings. The third kappa shape index (κ3) is 2.25. The minimum atomic E-state index is -0.189. The highest BCUT2D eigenvalue weighted by molar-refractivity contribution is 7.99. The molecule has 0 spiro atoms. The molecule has 1 aromatic heterocycles. The smallest absolute Gasteiger partial charge is 0.255 e. The van der Waals surface area contributed by atoms with Crippen LogP contribution in [0, 0.1) is 0 Å². The zero-order chi connectivity index (χ0) is 9.10. The highest BCUT2D eigenvalue weighted by atomic mass is 32.2. The van der Waals surface area contributed by atoms with Crippen molar-refractivity contribution in [2.24, 2.45) is 0 Å². The Morgan fingerprint density at radius 1 is 1.46 bits per heavy atom. The van der Waals surface area contributed by atoms with E-state index in [1.165, 1.54) is 6.42 Å². The summed E-state index contributed by atoms with van der Waals surface area (Å²) in [5.41, 5.74) is 0. The van der Waals surface area contributed by atoms with Gasteiger partial charge in [0.15, 0.2) is 0 Å². The van der Waals surface area contributed by atoms with E-state index in [9.17, 15) is 5.11 Å². The fourth-order valence-electron chi connectivity index (χ4n) is 1.61. The van der Waals surface area contributed by atoms with Gasteiger partial charge in [-0.2, -0.15) is 0 Å². The highest BCUT2D eigenvalue weighted by Crippen LogP contribution is 2.32. The molecular weight excluding hydrogens is 186 g/mol. The van der Waals surface area contributed by atoms with Crippen molar-refractivity contribution in [1.29, 1.82) is 0 Å². The second kappa shape index (κ2) is 4.15. The second-order valence-electron chi connectivity index (χ2n) is 3.31. The fraction of sp³-hybridized carbons (Fsp3) is 0.667. The van der Waals surface area contributed by atoms with Crippen molar-refractivity contribution in [2.45, 2.75) is 42.3 Å². The molecule has 0 aliphatic heterocycles. The maximum Gasteiger partial charge on any atom is 0.255 e. The Morgan fingerprint density at radius 3 is 3.00 bits per heavy atom. The van der Waals surface area contributed by atoms with E-state index >= 15 is 0 Å². The first-order valence-electron chi connectivity index (χ1n) is 4.60. The van der Waals surface area contributed by atoms with E-state index < -0.39 is 0 Å². The molecule has 0 amide bonds. The van der Waals surface area contributed by atoms with Gasteiger partial charge in [0.1, 0.15) is 6.26 Å². The molecule has 1 aliphatic carbocycles. The molecule has 2 rings (SSSR count). The topological polar surface area (TPSA) is 46.3 Å². The van der Waals surface area contributed by atoms with Crippen molar-refractivity contribution < 1.29 is 9.52 Å². The number of oxazole rings is 1. The van der Waals surface area contributed by atoms with E-state index in [0.29, 0.717) is 5.22 Å². The molecule has 1 fully saturated rings. The van der Waals surface area contributed by atoms with Crippen LogP contribution in [-0.4, -0.2) is 21.4 Å². The van der Waals surface area contributed by atoms with E-state index in [2.05, 4.69) is 4.98 Å². The van der Waals surface area contributed by atoms with Crippen LogP contribution in [0.15, 0.2) is 22.1 Å². The summed E-state index contributed by atoms with van der Waals surface area (Å²) in [4.78, 5) is 4.03. The second-order valence-corrected chi connectivity index (χ2v) is 4.50. The lowest BCUT2D eigenvalue weighted by molar-refractivity contribution is 0.136. The minimum absolute atomic E-state index is 0.189. The molecule has 13 heavy (non-hydrogen) atoms. The molecule has 72 valence electrons. The van der Waals surface area contributed by atoms with Crippen LogP contribution >= 0.6 is 11.8 Å². The van der Waals surface area contributed by atoms with Crippen molar-refractivity contribution in [3.8, 4) is 0 Å². The third-order valence-corrected chi connectivity index (χ3v) is 3.59. The highest BCUT2D eigenvalue weighted by Gasteiger charge is 2.25. The predicted molar refractivity (Wildman–Crippen MR) is 50.6 cm³/mol. The number of aliphatic hydroxyl groups excluding tert-OH is 1. The number of hydrogen-bond acceptors (Lipinski definition) is 4.